The second-order valence-electron chi connectivity index (χ2n) is 4.30. The summed E-state index contributed by atoms with van der Waals surface area (Å²) in [5, 5.41) is 1.17. The number of aryl methyl sites for hydroxylation is 1. The summed E-state index contributed by atoms with van der Waals surface area (Å²) in [5.41, 5.74) is 3.73. The maximum atomic E-state index is 2.76. The molecule has 0 aliphatic rings. The van der Waals surface area contributed by atoms with Crippen molar-refractivity contribution in [3.8, 4) is 0 Å². The number of rotatable bonds is 3. The van der Waals surface area contributed by atoms with Gasteiger partial charge in [-0.3, -0.25) is 0 Å². The van der Waals surface area contributed by atoms with Crippen LogP contribution in [0.4, 0.5) is 0 Å². The predicted octanol–water partition coefficient (Wildman–Crippen LogP) is 3.04. The van der Waals surface area contributed by atoms with Crippen LogP contribution in [0.3, 0.4) is 0 Å². The zero-order valence-corrected chi connectivity index (χ0v) is 11.7. The van der Waals surface area contributed by atoms with Crippen LogP contribution in [0.15, 0.2) is 60.7 Å². The normalized spacial score (nSPS) is 11.6. The number of hydrogen-bond donors (Lipinski definition) is 0. The van der Waals surface area contributed by atoms with Crippen LogP contribution in [0.1, 0.15) is 11.1 Å². The second-order valence-corrected chi connectivity index (χ2v) is 4.97. The summed E-state index contributed by atoms with van der Waals surface area (Å²) in [4.78, 5) is 0. The van der Waals surface area contributed by atoms with Gasteiger partial charge < -0.3 is 0 Å². The van der Waals surface area contributed by atoms with E-state index in [1.807, 2.05) is 18.2 Å². The summed E-state index contributed by atoms with van der Waals surface area (Å²) >= 11 is 0. The zero-order chi connectivity index (χ0) is 12.8. The molecule has 0 saturated carbocycles. The van der Waals surface area contributed by atoms with Crippen molar-refractivity contribution in [3.05, 3.63) is 71.8 Å². The molecule has 0 radical (unpaired) electrons. The first-order valence-corrected chi connectivity index (χ1v) is 6.59. The van der Waals surface area contributed by atoms with Crippen molar-refractivity contribution in [2.75, 3.05) is 0 Å². The monoisotopic (exact) mass is 250 g/mol. The van der Waals surface area contributed by atoms with Gasteiger partial charge in [0.15, 0.2) is 0 Å². The molecule has 2 heteroatoms. The SMILES string of the molecule is Cc1ccc(/C=C/C(P)=Bc2ccccc2)cc1. The van der Waals surface area contributed by atoms with Gasteiger partial charge in [-0.05, 0) is 0 Å². The van der Waals surface area contributed by atoms with E-state index in [-0.39, 0.29) is 0 Å². The number of benzene rings is 2. The van der Waals surface area contributed by atoms with Crippen LogP contribution in [0.5, 0.6) is 0 Å². The van der Waals surface area contributed by atoms with Crippen LogP contribution in [0.2, 0.25) is 0 Å². The van der Waals surface area contributed by atoms with E-state index in [0.717, 1.165) is 0 Å². The van der Waals surface area contributed by atoms with Gasteiger partial charge in [0, 0.05) is 0 Å². The average Bonchev–Trinajstić information content (AvgIpc) is 2.39. The van der Waals surface area contributed by atoms with Crippen molar-refractivity contribution >= 4 is 32.9 Å². The molecule has 2 aromatic carbocycles. The Morgan fingerprint density at radius 3 is 2.33 bits per heavy atom. The molecule has 18 heavy (non-hydrogen) atoms. The van der Waals surface area contributed by atoms with Crippen LogP contribution in [-0.4, -0.2) is 12.1 Å². The average molecular weight is 250 g/mol. The summed E-state index contributed by atoms with van der Waals surface area (Å²) in [6.07, 6.45) is 4.24. The third kappa shape index (κ3) is 4.09. The van der Waals surface area contributed by atoms with Gasteiger partial charge in [-0.1, -0.05) is 0 Å². The van der Waals surface area contributed by atoms with Crippen LogP contribution >= 0.6 is 9.24 Å². The molecule has 0 aromatic heterocycles. The standard InChI is InChI=1S/C16H16BP/c1-13-7-9-14(10-8-13)11-12-16(18)17-15-5-3-2-4-6-15/h2-12H,18H2,1H3/b12-11+. The summed E-state index contributed by atoms with van der Waals surface area (Å²) in [6, 6.07) is 18.8. The van der Waals surface area contributed by atoms with Crippen LogP contribution in [0, 0.1) is 6.92 Å². The molecule has 0 aliphatic heterocycles. The molecule has 0 bridgehead atoms. The van der Waals surface area contributed by atoms with E-state index >= 15 is 0 Å². The van der Waals surface area contributed by atoms with Crippen LogP contribution < -0.4 is 5.46 Å². The Labute approximate surface area is 112 Å². The fraction of sp³-hybridized carbons (Fsp3) is 0.0625. The molecule has 0 aliphatic carbocycles. The molecular formula is C16H16BP. The molecule has 0 fully saturated rings. The molecule has 0 heterocycles. The van der Waals surface area contributed by atoms with Crippen molar-refractivity contribution < 1.29 is 0 Å². The fourth-order valence-electron chi connectivity index (χ4n) is 1.66. The minimum atomic E-state index is 1.17. The van der Waals surface area contributed by atoms with Gasteiger partial charge in [0.1, 0.15) is 0 Å². The van der Waals surface area contributed by atoms with Gasteiger partial charge in [0.25, 0.3) is 0 Å². The van der Waals surface area contributed by atoms with E-state index in [4.69, 9.17) is 0 Å². The molecular weight excluding hydrogens is 234 g/mol. The molecule has 0 nitrogen and oxygen atoms in total. The molecule has 0 saturated heterocycles. The second kappa shape index (κ2) is 6.47. The first-order valence-electron chi connectivity index (χ1n) is 6.01. The Balaban J connectivity index is 2.09. The fourth-order valence-corrected chi connectivity index (χ4v) is 1.95. The summed E-state index contributed by atoms with van der Waals surface area (Å²) in [5.74, 6) is 0. The van der Waals surface area contributed by atoms with E-state index in [0.29, 0.717) is 0 Å². The first kappa shape index (κ1) is 13.0. The van der Waals surface area contributed by atoms with Gasteiger partial charge >= 0.3 is 112 Å². The minimum absolute atomic E-state index is 1.17. The van der Waals surface area contributed by atoms with Gasteiger partial charge in [-0.2, -0.15) is 0 Å². The molecule has 1 atom stereocenters. The van der Waals surface area contributed by atoms with Crippen molar-refractivity contribution in [2.45, 2.75) is 6.92 Å². The molecule has 2 rings (SSSR count). The van der Waals surface area contributed by atoms with E-state index in [1.54, 1.807) is 0 Å². The van der Waals surface area contributed by atoms with Gasteiger partial charge in [-0.25, -0.2) is 0 Å². The van der Waals surface area contributed by atoms with Crippen molar-refractivity contribution in [1.82, 2.24) is 0 Å². The van der Waals surface area contributed by atoms with Crippen LogP contribution in [-0.2, 0) is 0 Å². The topological polar surface area (TPSA) is 0 Å². The maximum absolute atomic E-state index is 2.76. The van der Waals surface area contributed by atoms with Gasteiger partial charge in [0.2, 0.25) is 0 Å². The molecule has 0 N–H and O–H groups in total. The Bertz CT molecular complexity index is 553. The van der Waals surface area contributed by atoms with Crippen molar-refractivity contribution in [2.24, 2.45) is 0 Å². The number of hydrogen-bond acceptors (Lipinski definition) is 0. The summed E-state index contributed by atoms with van der Waals surface area (Å²) in [7, 11) is 2.76. The summed E-state index contributed by atoms with van der Waals surface area (Å²) in [6.45, 7) is 4.25. The van der Waals surface area contributed by atoms with Crippen LogP contribution in [0.25, 0.3) is 6.08 Å². The third-order valence-electron chi connectivity index (χ3n) is 2.68. The molecule has 0 spiro atoms. The Morgan fingerprint density at radius 1 is 1.00 bits per heavy atom. The summed E-state index contributed by atoms with van der Waals surface area (Å²) < 4.78 is 0. The van der Waals surface area contributed by atoms with Crippen molar-refractivity contribution in [3.63, 3.8) is 0 Å². The van der Waals surface area contributed by atoms with E-state index < -0.39 is 0 Å². The molecule has 0 amide bonds. The van der Waals surface area contributed by atoms with E-state index in [2.05, 4.69) is 71.6 Å². The van der Waals surface area contributed by atoms with Crippen molar-refractivity contribution in [1.29, 1.82) is 0 Å². The Morgan fingerprint density at radius 2 is 1.67 bits per heavy atom. The molecule has 1 unspecified atom stereocenters. The van der Waals surface area contributed by atoms with E-state index in [1.165, 1.54) is 21.8 Å². The Hall–Kier alpha value is -1.46. The number of allylic oxidation sites excluding steroid dienone is 1. The van der Waals surface area contributed by atoms with Gasteiger partial charge in [0.05, 0.1) is 0 Å². The zero-order valence-electron chi connectivity index (χ0n) is 10.5. The molecule has 88 valence electrons. The third-order valence-corrected chi connectivity index (χ3v) is 3.04. The molecule has 2 aromatic rings. The van der Waals surface area contributed by atoms with Gasteiger partial charge in [-0.15, -0.1) is 0 Å². The van der Waals surface area contributed by atoms with E-state index in [9.17, 15) is 0 Å². The Kier molecular flexibility index (Phi) is 4.67. The first-order chi connectivity index (χ1) is 8.74. The predicted molar refractivity (Wildman–Crippen MR) is 86.8 cm³/mol. The quantitative estimate of drug-likeness (QED) is 0.580.